The van der Waals surface area contributed by atoms with Crippen molar-refractivity contribution in [2.45, 2.75) is 52.7 Å². The number of ether oxygens (including phenoxy) is 1. The van der Waals surface area contributed by atoms with Gasteiger partial charge in [-0.05, 0) is 30.5 Å². The number of carbonyl (C=O) groups is 1. The van der Waals surface area contributed by atoms with Crippen LogP contribution < -0.4 is 16.6 Å². The SMILES string of the molecule is CCCCCn1c(=O)n(CCOC(=O)NCc2cccc(C)c2)c(=O)c2[nH]c(Cl)nc21. The summed E-state index contributed by atoms with van der Waals surface area (Å²) in [6.07, 6.45) is 2.08. The molecule has 1 amide bonds. The molecule has 0 fully saturated rings. The molecule has 0 saturated carbocycles. The number of nitrogens with zero attached hydrogens (tertiary/aromatic N) is 3. The monoisotopic (exact) mass is 447 g/mol. The van der Waals surface area contributed by atoms with Gasteiger partial charge >= 0.3 is 11.8 Å². The fourth-order valence-electron chi connectivity index (χ4n) is 3.33. The minimum atomic E-state index is -0.622. The van der Waals surface area contributed by atoms with Gasteiger partial charge < -0.3 is 15.0 Å². The zero-order chi connectivity index (χ0) is 22.4. The topological polar surface area (TPSA) is 111 Å². The highest BCUT2D eigenvalue weighted by molar-refractivity contribution is 6.28. The van der Waals surface area contributed by atoms with Crippen LogP contribution in [0.15, 0.2) is 33.9 Å². The highest BCUT2D eigenvalue weighted by Crippen LogP contribution is 2.10. The summed E-state index contributed by atoms with van der Waals surface area (Å²) in [5.41, 5.74) is 1.39. The third kappa shape index (κ3) is 5.55. The molecule has 9 nitrogen and oxygen atoms in total. The molecule has 0 saturated heterocycles. The standard InChI is InChI=1S/C21H26ClN5O4/c1-3-4-5-9-26-17-16(24-19(22)25-17)18(28)27(21(26)30)10-11-31-20(29)23-13-15-8-6-7-14(2)12-15/h6-8,12H,3-5,9-11,13H2,1-2H3,(H,23,29)(H,24,25). The molecule has 0 radical (unpaired) electrons. The Hall–Kier alpha value is -3.07. The van der Waals surface area contributed by atoms with Crippen molar-refractivity contribution in [1.82, 2.24) is 24.4 Å². The van der Waals surface area contributed by atoms with Crippen molar-refractivity contribution in [2.75, 3.05) is 6.61 Å². The van der Waals surface area contributed by atoms with Gasteiger partial charge in [0, 0.05) is 13.1 Å². The number of unbranched alkanes of at least 4 members (excludes halogenated alkanes) is 2. The molecule has 2 heterocycles. The third-order valence-corrected chi connectivity index (χ3v) is 5.06. The molecule has 2 aromatic heterocycles. The number of imidazole rings is 1. The van der Waals surface area contributed by atoms with Gasteiger partial charge in [-0.3, -0.25) is 13.9 Å². The largest absolute Gasteiger partial charge is 0.448 e. The van der Waals surface area contributed by atoms with Crippen molar-refractivity contribution < 1.29 is 9.53 Å². The lowest BCUT2D eigenvalue weighted by Crippen LogP contribution is -2.41. The Kier molecular flexibility index (Phi) is 7.51. The van der Waals surface area contributed by atoms with E-state index in [1.165, 1.54) is 4.57 Å². The van der Waals surface area contributed by atoms with Gasteiger partial charge in [0.15, 0.2) is 11.2 Å². The van der Waals surface area contributed by atoms with Crippen molar-refractivity contribution in [3.05, 3.63) is 61.5 Å². The zero-order valence-corrected chi connectivity index (χ0v) is 18.4. The molecule has 0 unspecified atom stereocenters. The van der Waals surface area contributed by atoms with Gasteiger partial charge in [-0.2, -0.15) is 4.98 Å². The average Bonchev–Trinajstić information content (AvgIpc) is 3.13. The predicted molar refractivity (Wildman–Crippen MR) is 119 cm³/mol. The van der Waals surface area contributed by atoms with Crippen LogP contribution in [0.5, 0.6) is 0 Å². The molecule has 0 aliphatic rings. The summed E-state index contributed by atoms with van der Waals surface area (Å²) < 4.78 is 7.63. The van der Waals surface area contributed by atoms with Crippen molar-refractivity contribution in [3.8, 4) is 0 Å². The molecule has 166 valence electrons. The molecule has 31 heavy (non-hydrogen) atoms. The average molecular weight is 448 g/mol. The van der Waals surface area contributed by atoms with Crippen LogP contribution in [-0.2, 0) is 24.4 Å². The van der Waals surface area contributed by atoms with E-state index in [1.54, 1.807) is 0 Å². The number of rotatable bonds is 9. The van der Waals surface area contributed by atoms with Gasteiger partial charge in [-0.1, -0.05) is 49.6 Å². The van der Waals surface area contributed by atoms with Crippen LogP contribution >= 0.6 is 11.6 Å². The van der Waals surface area contributed by atoms with E-state index in [9.17, 15) is 14.4 Å². The smallest absolute Gasteiger partial charge is 0.407 e. The minimum Gasteiger partial charge on any atom is -0.448 e. The van der Waals surface area contributed by atoms with E-state index in [0.29, 0.717) is 13.1 Å². The number of aryl methyl sites for hydroxylation is 2. The number of amides is 1. The first-order chi connectivity index (χ1) is 14.9. The summed E-state index contributed by atoms with van der Waals surface area (Å²) in [6, 6.07) is 7.75. The summed E-state index contributed by atoms with van der Waals surface area (Å²) in [4.78, 5) is 44.4. The second-order valence-corrected chi connectivity index (χ2v) is 7.66. The van der Waals surface area contributed by atoms with E-state index >= 15 is 0 Å². The molecule has 3 rings (SSSR count). The van der Waals surface area contributed by atoms with E-state index in [0.717, 1.165) is 35.0 Å². The first kappa shape index (κ1) is 22.6. The Balaban J connectivity index is 1.68. The van der Waals surface area contributed by atoms with Crippen LogP contribution in [0.1, 0.15) is 37.3 Å². The molecule has 2 N–H and O–H groups in total. The quantitative estimate of drug-likeness (QED) is 0.387. The number of fused-ring (bicyclic) bond motifs is 1. The lowest BCUT2D eigenvalue weighted by molar-refractivity contribution is 0.140. The maximum atomic E-state index is 12.9. The maximum Gasteiger partial charge on any atom is 0.407 e. The number of benzene rings is 1. The normalized spacial score (nSPS) is 11.1. The number of alkyl carbamates (subject to hydrolysis) is 1. The van der Waals surface area contributed by atoms with Crippen LogP contribution in [0.2, 0.25) is 5.28 Å². The lowest BCUT2D eigenvalue weighted by Gasteiger charge is -2.12. The van der Waals surface area contributed by atoms with Gasteiger partial charge in [0.1, 0.15) is 6.61 Å². The summed E-state index contributed by atoms with van der Waals surface area (Å²) in [6.45, 7) is 4.57. The summed E-state index contributed by atoms with van der Waals surface area (Å²) in [5, 5.41) is 2.70. The molecule has 3 aromatic rings. The van der Waals surface area contributed by atoms with Crippen molar-refractivity contribution in [3.63, 3.8) is 0 Å². The molecular weight excluding hydrogens is 422 g/mol. The van der Waals surface area contributed by atoms with Gasteiger partial charge in [0.2, 0.25) is 5.28 Å². The first-order valence-corrected chi connectivity index (χ1v) is 10.6. The van der Waals surface area contributed by atoms with Crippen molar-refractivity contribution in [2.24, 2.45) is 0 Å². The molecule has 0 spiro atoms. The van der Waals surface area contributed by atoms with E-state index in [4.69, 9.17) is 16.3 Å². The molecule has 0 aliphatic carbocycles. The number of carbonyl (C=O) groups excluding carboxylic acids is 1. The third-order valence-electron chi connectivity index (χ3n) is 4.88. The molecular formula is C21H26ClN5O4. The van der Waals surface area contributed by atoms with Crippen LogP contribution in [0, 0.1) is 6.92 Å². The second kappa shape index (κ2) is 10.3. The molecule has 0 bridgehead atoms. The van der Waals surface area contributed by atoms with Crippen LogP contribution in [-0.4, -0.2) is 31.8 Å². The number of hydrogen-bond acceptors (Lipinski definition) is 5. The van der Waals surface area contributed by atoms with Crippen LogP contribution in [0.4, 0.5) is 4.79 Å². The Bertz CT molecular complexity index is 1180. The van der Waals surface area contributed by atoms with Crippen molar-refractivity contribution in [1.29, 1.82) is 0 Å². The number of H-pyrrole nitrogens is 1. The Morgan fingerprint density at radius 3 is 2.77 bits per heavy atom. The zero-order valence-electron chi connectivity index (χ0n) is 17.6. The number of aromatic amines is 1. The molecule has 0 atom stereocenters. The fraction of sp³-hybridized carbons (Fsp3) is 0.429. The van der Waals surface area contributed by atoms with Crippen LogP contribution in [0.25, 0.3) is 11.2 Å². The highest BCUT2D eigenvalue weighted by Gasteiger charge is 2.17. The number of hydrogen-bond donors (Lipinski definition) is 2. The lowest BCUT2D eigenvalue weighted by atomic mass is 10.1. The summed E-state index contributed by atoms with van der Waals surface area (Å²) in [7, 11) is 0. The first-order valence-electron chi connectivity index (χ1n) is 10.3. The second-order valence-electron chi connectivity index (χ2n) is 7.30. The van der Waals surface area contributed by atoms with E-state index in [1.807, 2.05) is 31.2 Å². The highest BCUT2D eigenvalue weighted by atomic mass is 35.5. The maximum absolute atomic E-state index is 12.9. The summed E-state index contributed by atoms with van der Waals surface area (Å²) >= 11 is 5.93. The Morgan fingerprint density at radius 2 is 2.03 bits per heavy atom. The molecule has 0 aliphatic heterocycles. The van der Waals surface area contributed by atoms with E-state index < -0.39 is 17.3 Å². The van der Waals surface area contributed by atoms with E-state index in [2.05, 4.69) is 22.2 Å². The summed E-state index contributed by atoms with van der Waals surface area (Å²) in [5.74, 6) is 0. The number of halogens is 1. The Morgan fingerprint density at radius 1 is 1.23 bits per heavy atom. The van der Waals surface area contributed by atoms with E-state index in [-0.39, 0.29) is 29.6 Å². The number of nitrogens with one attached hydrogen (secondary N) is 2. The number of aromatic nitrogens is 4. The Labute approximate surface area is 184 Å². The van der Waals surface area contributed by atoms with Gasteiger partial charge in [0.25, 0.3) is 5.56 Å². The van der Waals surface area contributed by atoms with Gasteiger partial charge in [-0.15, -0.1) is 0 Å². The van der Waals surface area contributed by atoms with Gasteiger partial charge in [0.05, 0.1) is 6.54 Å². The predicted octanol–water partition coefficient (Wildman–Crippen LogP) is 2.96. The molecule has 1 aromatic carbocycles. The molecule has 10 heteroatoms. The minimum absolute atomic E-state index is 0.0419. The van der Waals surface area contributed by atoms with Gasteiger partial charge in [-0.25, -0.2) is 9.59 Å². The fourth-order valence-corrected chi connectivity index (χ4v) is 3.51. The van der Waals surface area contributed by atoms with Crippen LogP contribution in [0.3, 0.4) is 0 Å². The van der Waals surface area contributed by atoms with Crippen molar-refractivity contribution >= 4 is 28.9 Å².